The summed E-state index contributed by atoms with van der Waals surface area (Å²) in [5.74, 6) is 0.180. The third-order valence-corrected chi connectivity index (χ3v) is 4.67. The van der Waals surface area contributed by atoms with Crippen LogP contribution in [0.3, 0.4) is 0 Å². The Morgan fingerprint density at radius 3 is 2.36 bits per heavy atom. The van der Waals surface area contributed by atoms with Crippen LogP contribution in [0.25, 0.3) is 11.0 Å². The second-order valence-electron chi connectivity index (χ2n) is 8.14. The molecule has 28 heavy (non-hydrogen) atoms. The van der Waals surface area contributed by atoms with E-state index in [2.05, 4.69) is 36.7 Å². The summed E-state index contributed by atoms with van der Waals surface area (Å²) in [6.45, 7) is 3.29. The lowest BCUT2D eigenvalue weighted by atomic mass is 10.0. The predicted molar refractivity (Wildman–Crippen MR) is 109 cm³/mol. The first-order chi connectivity index (χ1) is 13.2. The molecule has 0 radical (unpaired) electrons. The van der Waals surface area contributed by atoms with Crippen LogP contribution in [-0.2, 0) is 4.79 Å². The van der Waals surface area contributed by atoms with Crippen molar-refractivity contribution in [3.8, 4) is 5.75 Å². The molecule has 1 unspecified atom stereocenters. The number of carbonyl (C=O) groups is 1. The number of fused-ring (bicyclic) bond motifs is 1. The molecular formula is C21H28N5O2+. The lowest BCUT2D eigenvalue weighted by Crippen LogP contribution is -2.42. The highest BCUT2D eigenvalue weighted by molar-refractivity contribution is 5.77. The Morgan fingerprint density at radius 2 is 1.79 bits per heavy atom. The average molecular weight is 382 g/mol. The standard InChI is InChI=1S/C21H27N5O2/c1-15-13-16(9-10-20(15)27)19(14-21(28)22-11-12-26(2,3)4)25-23-17-7-5-6-8-18(17)24-25/h5-10,13,19H,11-12,14H2,1-4H3,(H-,22,27,28)/p+1. The zero-order valence-electron chi connectivity index (χ0n) is 16.9. The van der Waals surface area contributed by atoms with E-state index < -0.39 is 0 Å². The van der Waals surface area contributed by atoms with Gasteiger partial charge in [0.1, 0.15) is 22.8 Å². The van der Waals surface area contributed by atoms with Gasteiger partial charge in [-0.2, -0.15) is 15.0 Å². The minimum Gasteiger partial charge on any atom is -0.508 e. The fourth-order valence-electron chi connectivity index (χ4n) is 3.01. The first kappa shape index (κ1) is 19.8. The van der Waals surface area contributed by atoms with Gasteiger partial charge in [-0.15, -0.1) is 0 Å². The van der Waals surface area contributed by atoms with Crippen LogP contribution in [0.1, 0.15) is 23.6 Å². The minimum atomic E-state index is -0.351. The number of quaternary nitrogens is 1. The van der Waals surface area contributed by atoms with Gasteiger partial charge in [-0.1, -0.05) is 24.3 Å². The molecular weight excluding hydrogens is 354 g/mol. The molecule has 148 valence electrons. The quantitative estimate of drug-likeness (QED) is 0.614. The number of hydrogen-bond acceptors (Lipinski definition) is 4. The molecule has 1 heterocycles. The number of nitrogens with zero attached hydrogens (tertiary/aromatic N) is 4. The van der Waals surface area contributed by atoms with Crippen LogP contribution < -0.4 is 5.32 Å². The molecule has 0 aliphatic rings. The lowest BCUT2D eigenvalue weighted by molar-refractivity contribution is -0.869. The van der Waals surface area contributed by atoms with Crippen molar-refractivity contribution >= 4 is 16.9 Å². The molecule has 3 aromatic rings. The van der Waals surface area contributed by atoms with E-state index in [1.54, 1.807) is 10.9 Å². The molecule has 1 aromatic heterocycles. The first-order valence-corrected chi connectivity index (χ1v) is 9.41. The molecule has 3 rings (SSSR count). The Balaban J connectivity index is 1.86. The Labute approximate surface area is 165 Å². The lowest BCUT2D eigenvalue weighted by Gasteiger charge is -2.24. The zero-order valence-corrected chi connectivity index (χ0v) is 16.9. The highest BCUT2D eigenvalue weighted by atomic mass is 16.3. The van der Waals surface area contributed by atoms with Crippen molar-refractivity contribution in [1.82, 2.24) is 20.3 Å². The third kappa shape index (κ3) is 4.86. The molecule has 0 spiro atoms. The SMILES string of the molecule is Cc1cc(C(CC(=O)NCC[N+](C)(C)C)n2nc3ccccc3n2)ccc1O. The molecule has 1 amide bonds. The van der Waals surface area contributed by atoms with Crippen molar-refractivity contribution in [3.63, 3.8) is 0 Å². The predicted octanol–water partition coefficient (Wildman–Crippen LogP) is 2.25. The van der Waals surface area contributed by atoms with E-state index in [0.717, 1.165) is 33.2 Å². The van der Waals surface area contributed by atoms with Crippen LogP contribution in [0.4, 0.5) is 0 Å². The minimum absolute atomic E-state index is 0.0504. The second-order valence-corrected chi connectivity index (χ2v) is 8.14. The van der Waals surface area contributed by atoms with E-state index in [1.165, 1.54) is 0 Å². The van der Waals surface area contributed by atoms with Gasteiger partial charge in [0, 0.05) is 0 Å². The number of likely N-dealkylation sites (N-methyl/N-ethyl adjacent to an activating group) is 1. The maximum absolute atomic E-state index is 12.6. The van der Waals surface area contributed by atoms with Gasteiger partial charge >= 0.3 is 0 Å². The summed E-state index contributed by atoms with van der Waals surface area (Å²) in [6, 6.07) is 12.6. The summed E-state index contributed by atoms with van der Waals surface area (Å²) < 4.78 is 0.785. The van der Waals surface area contributed by atoms with Crippen LogP contribution >= 0.6 is 0 Å². The Kier molecular flexibility index (Phi) is 5.65. The summed E-state index contributed by atoms with van der Waals surface area (Å²) >= 11 is 0. The summed E-state index contributed by atoms with van der Waals surface area (Å²) in [7, 11) is 6.27. The van der Waals surface area contributed by atoms with Gasteiger partial charge in [-0.05, 0) is 36.2 Å². The van der Waals surface area contributed by atoms with Crippen molar-refractivity contribution in [2.45, 2.75) is 19.4 Å². The van der Waals surface area contributed by atoms with Crippen LogP contribution in [-0.4, -0.2) is 64.7 Å². The molecule has 0 bridgehead atoms. The van der Waals surface area contributed by atoms with Crippen molar-refractivity contribution in [2.24, 2.45) is 0 Å². The molecule has 0 saturated carbocycles. The summed E-state index contributed by atoms with van der Waals surface area (Å²) in [5.41, 5.74) is 3.21. The number of phenolic OH excluding ortho intramolecular Hbond substituents is 1. The van der Waals surface area contributed by atoms with Crippen LogP contribution in [0.15, 0.2) is 42.5 Å². The first-order valence-electron chi connectivity index (χ1n) is 9.41. The number of hydrogen-bond donors (Lipinski definition) is 2. The highest BCUT2D eigenvalue weighted by Gasteiger charge is 2.22. The van der Waals surface area contributed by atoms with Gasteiger partial charge in [0.05, 0.1) is 40.7 Å². The van der Waals surface area contributed by atoms with Crippen LogP contribution in [0.2, 0.25) is 0 Å². The molecule has 7 heteroatoms. The largest absolute Gasteiger partial charge is 0.508 e. The van der Waals surface area contributed by atoms with Gasteiger partial charge in [-0.25, -0.2) is 0 Å². The van der Waals surface area contributed by atoms with Gasteiger partial charge < -0.3 is 14.9 Å². The molecule has 1 atom stereocenters. The number of carbonyl (C=O) groups excluding carboxylic acids is 1. The smallest absolute Gasteiger partial charge is 0.222 e. The number of nitrogens with one attached hydrogen (secondary N) is 1. The average Bonchev–Trinajstić information content (AvgIpc) is 3.05. The number of amides is 1. The van der Waals surface area contributed by atoms with Crippen molar-refractivity contribution in [2.75, 3.05) is 34.2 Å². The van der Waals surface area contributed by atoms with Crippen molar-refractivity contribution in [1.29, 1.82) is 0 Å². The van der Waals surface area contributed by atoms with E-state index >= 15 is 0 Å². The molecule has 7 nitrogen and oxygen atoms in total. The number of aromatic hydroxyl groups is 1. The Bertz CT molecular complexity index is 941. The molecule has 2 N–H and O–H groups in total. The third-order valence-electron chi connectivity index (χ3n) is 4.67. The van der Waals surface area contributed by atoms with Gasteiger partial charge in [0.2, 0.25) is 5.91 Å². The number of benzene rings is 2. The molecule has 2 aromatic carbocycles. The normalized spacial score (nSPS) is 12.9. The van der Waals surface area contributed by atoms with Gasteiger partial charge in [0.25, 0.3) is 0 Å². The van der Waals surface area contributed by atoms with E-state index in [-0.39, 0.29) is 24.1 Å². The van der Waals surface area contributed by atoms with Crippen LogP contribution in [0, 0.1) is 6.92 Å². The zero-order chi connectivity index (χ0) is 20.3. The van der Waals surface area contributed by atoms with E-state index in [0.29, 0.717) is 6.54 Å². The maximum Gasteiger partial charge on any atom is 0.222 e. The number of aromatic nitrogens is 3. The maximum atomic E-state index is 12.6. The van der Waals surface area contributed by atoms with E-state index in [9.17, 15) is 9.90 Å². The molecule has 0 fully saturated rings. The number of aryl methyl sites for hydroxylation is 1. The van der Waals surface area contributed by atoms with E-state index in [4.69, 9.17) is 0 Å². The molecule has 0 saturated heterocycles. The van der Waals surface area contributed by atoms with Gasteiger partial charge in [0.15, 0.2) is 0 Å². The van der Waals surface area contributed by atoms with Crippen molar-refractivity contribution in [3.05, 3.63) is 53.6 Å². The number of phenols is 1. The molecule has 0 aliphatic heterocycles. The Hall–Kier alpha value is -2.93. The van der Waals surface area contributed by atoms with E-state index in [1.807, 2.05) is 43.3 Å². The van der Waals surface area contributed by atoms with Crippen LogP contribution in [0.5, 0.6) is 5.75 Å². The number of rotatable bonds is 7. The van der Waals surface area contributed by atoms with Crippen molar-refractivity contribution < 1.29 is 14.4 Å². The monoisotopic (exact) mass is 382 g/mol. The van der Waals surface area contributed by atoms with Gasteiger partial charge in [-0.3, -0.25) is 4.79 Å². The fraction of sp³-hybridized carbons (Fsp3) is 0.381. The molecule has 0 aliphatic carbocycles. The summed E-state index contributed by atoms with van der Waals surface area (Å²) in [4.78, 5) is 14.2. The summed E-state index contributed by atoms with van der Waals surface area (Å²) in [6.07, 6.45) is 0.225. The topological polar surface area (TPSA) is 80.0 Å². The Morgan fingerprint density at radius 1 is 1.14 bits per heavy atom. The second kappa shape index (κ2) is 7.98. The highest BCUT2D eigenvalue weighted by Crippen LogP contribution is 2.26. The fourth-order valence-corrected chi connectivity index (χ4v) is 3.01. The summed E-state index contributed by atoms with van der Waals surface area (Å²) in [5, 5.41) is 22.0.